The molecule has 0 aliphatic carbocycles. The molecule has 4 heteroatoms. The zero-order valence-electron chi connectivity index (χ0n) is 5.45. The predicted molar refractivity (Wildman–Crippen MR) is 37.1 cm³/mol. The smallest absolute Gasteiger partial charge is 0.190 e. The van der Waals surface area contributed by atoms with E-state index in [4.69, 9.17) is 21.0 Å². The zero-order valence-corrected chi connectivity index (χ0v) is 5.45. The van der Waals surface area contributed by atoms with E-state index in [-0.39, 0.29) is 12.6 Å². The molecule has 0 amide bonds. The van der Waals surface area contributed by atoms with Gasteiger partial charge in [0.25, 0.3) is 0 Å². The van der Waals surface area contributed by atoms with Gasteiger partial charge in [-0.05, 0) is 0 Å². The van der Waals surface area contributed by atoms with Crippen LogP contribution in [0.4, 0.5) is 5.88 Å². The van der Waals surface area contributed by atoms with E-state index in [0.29, 0.717) is 5.88 Å². The molecule has 5 N–H and O–H groups in total. The molecule has 0 aliphatic heterocycles. The van der Waals surface area contributed by atoms with Gasteiger partial charge in [0.05, 0.1) is 18.9 Å². The third kappa shape index (κ3) is 1.29. The lowest BCUT2D eigenvalue weighted by molar-refractivity contribution is 0.267. The fraction of sp³-hybridized carbons (Fsp3) is 0.333. The van der Waals surface area contributed by atoms with Crippen molar-refractivity contribution in [2.75, 3.05) is 12.3 Å². The van der Waals surface area contributed by atoms with E-state index in [1.807, 2.05) is 0 Å². The average Bonchev–Trinajstić information content (AvgIpc) is 2.34. The molecule has 0 aromatic carbocycles. The van der Waals surface area contributed by atoms with Gasteiger partial charge >= 0.3 is 0 Å². The molecule has 4 nitrogen and oxygen atoms in total. The Balaban J connectivity index is 2.74. The highest BCUT2D eigenvalue weighted by atomic mass is 16.3. The second-order valence-electron chi connectivity index (χ2n) is 2.07. The van der Waals surface area contributed by atoms with Crippen LogP contribution in [0.1, 0.15) is 11.6 Å². The Bertz CT molecular complexity index is 209. The average molecular weight is 142 g/mol. The molecule has 1 aromatic rings. The van der Waals surface area contributed by atoms with Gasteiger partial charge in [0.2, 0.25) is 0 Å². The lowest BCUT2D eigenvalue weighted by Gasteiger charge is -2.01. The minimum Gasteiger partial charge on any atom is -0.449 e. The van der Waals surface area contributed by atoms with Gasteiger partial charge < -0.3 is 21.0 Å². The summed E-state index contributed by atoms with van der Waals surface area (Å²) in [6.45, 7) is -0.0982. The van der Waals surface area contributed by atoms with E-state index in [0.717, 1.165) is 5.56 Å². The molecular weight excluding hydrogens is 132 g/mol. The van der Waals surface area contributed by atoms with Gasteiger partial charge in [0.1, 0.15) is 0 Å². The fourth-order valence-electron chi connectivity index (χ4n) is 0.668. The molecule has 0 saturated heterocycles. The number of aliphatic hydroxyl groups is 1. The van der Waals surface area contributed by atoms with Gasteiger partial charge in [-0.1, -0.05) is 0 Å². The molecule has 10 heavy (non-hydrogen) atoms. The van der Waals surface area contributed by atoms with Crippen molar-refractivity contribution >= 4 is 5.88 Å². The summed E-state index contributed by atoms with van der Waals surface area (Å²) < 4.78 is 4.77. The molecule has 1 heterocycles. The van der Waals surface area contributed by atoms with Crippen molar-refractivity contribution in [3.05, 3.63) is 17.9 Å². The molecule has 0 radical (unpaired) electrons. The summed E-state index contributed by atoms with van der Waals surface area (Å²) in [5.74, 6) is 0.318. The van der Waals surface area contributed by atoms with Crippen LogP contribution in [0.25, 0.3) is 0 Å². The Morgan fingerprint density at radius 1 is 1.70 bits per heavy atom. The topological polar surface area (TPSA) is 85.4 Å². The Kier molecular flexibility index (Phi) is 1.94. The summed E-state index contributed by atoms with van der Waals surface area (Å²) in [4.78, 5) is 0. The summed E-state index contributed by atoms with van der Waals surface area (Å²) >= 11 is 0. The molecule has 0 saturated carbocycles. The summed E-state index contributed by atoms with van der Waals surface area (Å²) in [6, 6.07) is 1.21. The maximum atomic E-state index is 8.59. The molecule has 1 aromatic heterocycles. The molecule has 0 bridgehead atoms. The van der Waals surface area contributed by atoms with Crippen molar-refractivity contribution in [1.29, 1.82) is 0 Å². The van der Waals surface area contributed by atoms with Crippen LogP contribution in [0.15, 0.2) is 16.7 Å². The standard InChI is InChI=1S/C6H10N2O2/c7-5(2-9)4-1-6(8)10-3-4/h1,3,5,9H,2,7-8H2/t5-/m1/s1. The zero-order chi connectivity index (χ0) is 7.56. The highest BCUT2D eigenvalue weighted by Crippen LogP contribution is 2.14. The lowest BCUT2D eigenvalue weighted by atomic mass is 10.2. The summed E-state index contributed by atoms with van der Waals surface area (Å²) in [5.41, 5.74) is 11.4. The molecule has 0 fully saturated rings. The van der Waals surface area contributed by atoms with Crippen LogP contribution in [0.2, 0.25) is 0 Å². The minimum absolute atomic E-state index is 0.0982. The van der Waals surface area contributed by atoms with Gasteiger partial charge in [0, 0.05) is 11.6 Å². The van der Waals surface area contributed by atoms with Crippen LogP contribution in [0, 0.1) is 0 Å². The minimum atomic E-state index is -0.388. The number of aliphatic hydroxyl groups excluding tert-OH is 1. The van der Waals surface area contributed by atoms with Crippen LogP contribution < -0.4 is 11.5 Å². The van der Waals surface area contributed by atoms with Gasteiger partial charge in [-0.2, -0.15) is 0 Å². The number of furan rings is 1. The van der Waals surface area contributed by atoms with Crippen LogP contribution in [0.3, 0.4) is 0 Å². The highest BCUT2D eigenvalue weighted by molar-refractivity contribution is 5.30. The monoisotopic (exact) mass is 142 g/mol. The summed E-state index contributed by atoms with van der Waals surface area (Å²) in [6.07, 6.45) is 1.44. The Labute approximate surface area is 58.4 Å². The first-order chi connectivity index (χ1) is 4.74. The number of nitrogen functional groups attached to an aromatic ring is 1. The van der Waals surface area contributed by atoms with E-state index in [1.54, 1.807) is 6.07 Å². The lowest BCUT2D eigenvalue weighted by Crippen LogP contribution is -2.13. The molecule has 56 valence electrons. The van der Waals surface area contributed by atoms with E-state index >= 15 is 0 Å². The quantitative estimate of drug-likeness (QED) is 0.536. The molecule has 0 aliphatic rings. The second-order valence-corrected chi connectivity index (χ2v) is 2.07. The normalized spacial score (nSPS) is 13.4. The maximum absolute atomic E-state index is 8.59. The Hall–Kier alpha value is -1.00. The number of hydrogen-bond acceptors (Lipinski definition) is 4. The van der Waals surface area contributed by atoms with E-state index in [1.165, 1.54) is 6.26 Å². The largest absolute Gasteiger partial charge is 0.449 e. The van der Waals surface area contributed by atoms with Crippen LogP contribution in [-0.2, 0) is 0 Å². The first-order valence-electron chi connectivity index (χ1n) is 2.94. The van der Waals surface area contributed by atoms with Crippen LogP contribution >= 0.6 is 0 Å². The molecule has 0 unspecified atom stereocenters. The first-order valence-corrected chi connectivity index (χ1v) is 2.94. The van der Waals surface area contributed by atoms with Crippen molar-refractivity contribution in [1.82, 2.24) is 0 Å². The first kappa shape index (κ1) is 7.11. The van der Waals surface area contributed by atoms with Crippen LogP contribution in [0.5, 0.6) is 0 Å². The highest BCUT2D eigenvalue weighted by Gasteiger charge is 2.06. The summed E-state index contributed by atoms with van der Waals surface area (Å²) in [7, 11) is 0. The van der Waals surface area contributed by atoms with Gasteiger partial charge in [-0.25, -0.2) is 0 Å². The van der Waals surface area contributed by atoms with Crippen molar-refractivity contribution in [2.45, 2.75) is 6.04 Å². The van der Waals surface area contributed by atoms with E-state index in [9.17, 15) is 0 Å². The number of nitrogens with two attached hydrogens (primary N) is 2. The molecule has 0 spiro atoms. The Morgan fingerprint density at radius 3 is 2.80 bits per heavy atom. The predicted octanol–water partition coefficient (Wildman–Crippen LogP) is -0.146. The van der Waals surface area contributed by atoms with Crippen LogP contribution in [-0.4, -0.2) is 11.7 Å². The third-order valence-corrected chi connectivity index (χ3v) is 1.26. The SMILES string of the molecule is Nc1cc([C@H](N)CO)co1. The van der Waals surface area contributed by atoms with Crippen molar-refractivity contribution in [3.8, 4) is 0 Å². The van der Waals surface area contributed by atoms with Crippen molar-refractivity contribution in [3.63, 3.8) is 0 Å². The summed E-state index contributed by atoms with van der Waals surface area (Å²) in [5, 5.41) is 8.59. The third-order valence-electron chi connectivity index (χ3n) is 1.26. The van der Waals surface area contributed by atoms with Gasteiger partial charge in [-0.15, -0.1) is 0 Å². The fourth-order valence-corrected chi connectivity index (χ4v) is 0.668. The van der Waals surface area contributed by atoms with Gasteiger partial charge in [0.15, 0.2) is 5.88 Å². The number of rotatable bonds is 2. The van der Waals surface area contributed by atoms with Crippen molar-refractivity contribution in [2.24, 2.45) is 5.73 Å². The molecular formula is C6H10N2O2. The van der Waals surface area contributed by atoms with E-state index in [2.05, 4.69) is 0 Å². The maximum Gasteiger partial charge on any atom is 0.190 e. The van der Waals surface area contributed by atoms with Crippen molar-refractivity contribution < 1.29 is 9.52 Å². The Morgan fingerprint density at radius 2 is 2.40 bits per heavy atom. The number of anilines is 1. The second kappa shape index (κ2) is 2.72. The number of hydrogen-bond donors (Lipinski definition) is 3. The molecule has 1 atom stereocenters. The molecule has 1 rings (SSSR count). The van der Waals surface area contributed by atoms with Gasteiger partial charge in [-0.3, -0.25) is 0 Å². The van der Waals surface area contributed by atoms with E-state index < -0.39 is 0 Å².